The van der Waals surface area contributed by atoms with Crippen LogP contribution in [-0.2, 0) is 6.42 Å². The largest absolute Gasteiger partial charge is 0.493 e. The van der Waals surface area contributed by atoms with E-state index in [0.29, 0.717) is 12.5 Å². The lowest BCUT2D eigenvalue weighted by Crippen LogP contribution is -2.41. The SMILES string of the molecule is NNC(Cc1cncs1)C1COc2ccccc21. The number of hydrazine groups is 1. The van der Waals surface area contributed by atoms with Crippen LogP contribution in [0.1, 0.15) is 16.4 Å². The number of rotatable bonds is 4. The van der Waals surface area contributed by atoms with Crippen molar-refractivity contribution in [2.75, 3.05) is 6.61 Å². The van der Waals surface area contributed by atoms with E-state index in [1.807, 2.05) is 29.9 Å². The van der Waals surface area contributed by atoms with Gasteiger partial charge < -0.3 is 4.74 Å². The Bertz CT molecular complexity index is 515. The minimum Gasteiger partial charge on any atom is -0.493 e. The number of aromatic nitrogens is 1. The molecule has 0 saturated carbocycles. The van der Waals surface area contributed by atoms with Gasteiger partial charge >= 0.3 is 0 Å². The molecule has 1 aromatic carbocycles. The second kappa shape index (κ2) is 5.06. The van der Waals surface area contributed by atoms with E-state index in [4.69, 9.17) is 10.6 Å². The van der Waals surface area contributed by atoms with Gasteiger partial charge in [0.05, 0.1) is 12.1 Å². The summed E-state index contributed by atoms with van der Waals surface area (Å²) in [5, 5.41) is 0. The first kappa shape index (κ1) is 11.6. The van der Waals surface area contributed by atoms with Gasteiger partial charge in [0.15, 0.2) is 0 Å². The average Bonchev–Trinajstić information content (AvgIpc) is 3.05. The molecule has 5 heteroatoms. The normalized spacial score (nSPS) is 19.3. The van der Waals surface area contributed by atoms with E-state index in [2.05, 4.69) is 16.5 Å². The zero-order valence-electron chi connectivity index (χ0n) is 9.87. The minimum atomic E-state index is 0.175. The second-order valence-electron chi connectivity index (χ2n) is 4.40. The fourth-order valence-electron chi connectivity index (χ4n) is 2.40. The third-order valence-corrected chi connectivity index (χ3v) is 4.14. The van der Waals surface area contributed by atoms with Crippen LogP contribution >= 0.6 is 11.3 Å². The van der Waals surface area contributed by atoms with Gasteiger partial charge in [0, 0.05) is 35.0 Å². The van der Waals surface area contributed by atoms with Crippen molar-refractivity contribution in [2.45, 2.75) is 18.4 Å². The second-order valence-corrected chi connectivity index (χ2v) is 5.37. The molecular formula is C13H15N3OS. The maximum absolute atomic E-state index is 5.71. The number of ether oxygens (including phenoxy) is 1. The van der Waals surface area contributed by atoms with Crippen LogP contribution in [0.5, 0.6) is 5.75 Å². The maximum Gasteiger partial charge on any atom is 0.122 e. The fraction of sp³-hybridized carbons (Fsp3) is 0.308. The molecule has 4 nitrogen and oxygen atoms in total. The number of benzene rings is 1. The Kier molecular flexibility index (Phi) is 3.27. The van der Waals surface area contributed by atoms with Gasteiger partial charge in [-0.1, -0.05) is 18.2 Å². The lowest BCUT2D eigenvalue weighted by atomic mass is 9.91. The number of hydrogen-bond acceptors (Lipinski definition) is 5. The molecule has 3 rings (SSSR count). The smallest absolute Gasteiger partial charge is 0.122 e. The van der Waals surface area contributed by atoms with Crippen molar-refractivity contribution in [3.8, 4) is 5.75 Å². The van der Waals surface area contributed by atoms with E-state index < -0.39 is 0 Å². The van der Waals surface area contributed by atoms with E-state index in [0.717, 1.165) is 12.2 Å². The highest BCUT2D eigenvalue weighted by molar-refractivity contribution is 7.09. The summed E-state index contributed by atoms with van der Waals surface area (Å²) in [5.74, 6) is 6.98. The van der Waals surface area contributed by atoms with Crippen molar-refractivity contribution >= 4 is 11.3 Å². The number of nitrogens with zero attached hydrogens (tertiary/aromatic N) is 1. The molecule has 1 aliphatic rings. The van der Waals surface area contributed by atoms with Crippen LogP contribution in [0.25, 0.3) is 0 Å². The highest BCUT2D eigenvalue weighted by Gasteiger charge is 2.30. The van der Waals surface area contributed by atoms with Gasteiger partial charge in [0.25, 0.3) is 0 Å². The molecule has 0 aliphatic carbocycles. The lowest BCUT2D eigenvalue weighted by Gasteiger charge is -2.21. The van der Waals surface area contributed by atoms with Crippen molar-refractivity contribution in [3.63, 3.8) is 0 Å². The van der Waals surface area contributed by atoms with Gasteiger partial charge in [-0.2, -0.15) is 0 Å². The average molecular weight is 261 g/mol. The van der Waals surface area contributed by atoms with Crippen molar-refractivity contribution in [2.24, 2.45) is 5.84 Å². The van der Waals surface area contributed by atoms with Gasteiger partial charge in [-0.3, -0.25) is 16.3 Å². The van der Waals surface area contributed by atoms with Crippen LogP contribution in [0.2, 0.25) is 0 Å². The lowest BCUT2D eigenvalue weighted by molar-refractivity contribution is 0.298. The Morgan fingerprint density at radius 2 is 2.39 bits per heavy atom. The molecule has 0 fully saturated rings. The number of fused-ring (bicyclic) bond motifs is 1. The van der Waals surface area contributed by atoms with Crippen molar-refractivity contribution in [3.05, 3.63) is 46.4 Å². The number of para-hydroxylation sites is 1. The molecule has 0 radical (unpaired) electrons. The number of hydrogen-bond donors (Lipinski definition) is 2. The van der Waals surface area contributed by atoms with Crippen LogP contribution < -0.4 is 16.0 Å². The van der Waals surface area contributed by atoms with Crippen molar-refractivity contribution < 1.29 is 4.74 Å². The van der Waals surface area contributed by atoms with Crippen LogP contribution in [0.4, 0.5) is 0 Å². The summed E-state index contributed by atoms with van der Waals surface area (Å²) < 4.78 is 5.71. The van der Waals surface area contributed by atoms with Gasteiger partial charge in [-0.05, 0) is 6.07 Å². The summed E-state index contributed by atoms with van der Waals surface area (Å²) in [7, 11) is 0. The number of thiazole rings is 1. The zero-order valence-corrected chi connectivity index (χ0v) is 10.7. The molecule has 0 saturated heterocycles. The Labute approximate surface area is 110 Å². The minimum absolute atomic E-state index is 0.175. The first-order valence-electron chi connectivity index (χ1n) is 5.93. The molecule has 2 heterocycles. The number of nitrogens with one attached hydrogen (secondary N) is 1. The van der Waals surface area contributed by atoms with Crippen molar-refractivity contribution in [1.29, 1.82) is 0 Å². The van der Waals surface area contributed by atoms with E-state index >= 15 is 0 Å². The molecule has 94 valence electrons. The molecule has 1 aliphatic heterocycles. The van der Waals surface area contributed by atoms with Gasteiger partial charge in [-0.15, -0.1) is 11.3 Å². The molecule has 2 unspecified atom stereocenters. The molecule has 2 aromatic rings. The maximum atomic E-state index is 5.71. The third-order valence-electron chi connectivity index (χ3n) is 3.34. The van der Waals surface area contributed by atoms with Crippen LogP contribution in [0.15, 0.2) is 36.0 Å². The molecule has 3 N–H and O–H groups in total. The molecule has 0 bridgehead atoms. The Hall–Kier alpha value is -1.43. The van der Waals surface area contributed by atoms with E-state index in [1.165, 1.54) is 10.4 Å². The molecule has 1 aromatic heterocycles. The summed E-state index contributed by atoms with van der Waals surface area (Å²) >= 11 is 1.66. The summed E-state index contributed by atoms with van der Waals surface area (Å²) in [5.41, 5.74) is 6.01. The highest BCUT2D eigenvalue weighted by atomic mass is 32.1. The van der Waals surface area contributed by atoms with E-state index in [1.54, 1.807) is 11.3 Å². The first-order chi connectivity index (χ1) is 8.88. The van der Waals surface area contributed by atoms with E-state index in [9.17, 15) is 0 Å². The molecule has 0 amide bonds. The zero-order chi connectivity index (χ0) is 12.4. The van der Waals surface area contributed by atoms with E-state index in [-0.39, 0.29) is 6.04 Å². The van der Waals surface area contributed by atoms with Crippen LogP contribution in [0, 0.1) is 0 Å². The summed E-state index contributed by atoms with van der Waals surface area (Å²) in [6.07, 6.45) is 2.78. The summed E-state index contributed by atoms with van der Waals surface area (Å²) in [4.78, 5) is 5.34. The molecule has 2 atom stereocenters. The number of nitrogens with two attached hydrogens (primary N) is 1. The van der Waals surface area contributed by atoms with Gasteiger partial charge in [0.2, 0.25) is 0 Å². The van der Waals surface area contributed by atoms with Crippen LogP contribution in [0.3, 0.4) is 0 Å². The third kappa shape index (κ3) is 2.12. The Morgan fingerprint density at radius 1 is 1.50 bits per heavy atom. The highest BCUT2D eigenvalue weighted by Crippen LogP contribution is 2.36. The first-order valence-corrected chi connectivity index (χ1v) is 6.81. The quantitative estimate of drug-likeness (QED) is 0.649. The predicted octanol–water partition coefficient (Wildman–Crippen LogP) is 1.69. The van der Waals surface area contributed by atoms with Crippen LogP contribution in [-0.4, -0.2) is 17.6 Å². The van der Waals surface area contributed by atoms with Gasteiger partial charge in [-0.25, -0.2) is 0 Å². The standard InChI is InChI=1S/C13H15N3OS/c14-16-12(5-9-6-15-8-18-9)11-7-17-13-4-2-1-3-10(11)13/h1-4,6,8,11-12,16H,5,7,14H2. The topological polar surface area (TPSA) is 60.2 Å². The Balaban J connectivity index is 1.81. The predicted molar refractivity (Wildman–Crippen MR) is 71.6 cm³/mol. The Morgan fingerprint density at radius 3 is 3.17 bits per heavy atom. The molecule has 18 heavy (non-hydrogen) atoms. The molecule has 0 spiro atoms. The fourth-order valence-corrected chi connectivity index (χ4v) is 3.05. The molecular weight excluding hydrogens is 246 g/mol. The summed E-state index contributed by atoms with van der Waals surface area (Å²) in [6, 6.07) is 8.34. The monoisotopic (exact) mass is 261 g/mol. The van der Waals surface area contributed by atoms with Gasteiger partial charge in [0.1, 0.15) is 5.75 Å². The van der Waals surface area contributed by atoms with Crippen molar-refractivity contribution in [1.82, 2.24) is 10.4 Å². The summed E-state index contributed by atoms with van der Waals surface area (Å²) in [6.45, 7) is 0.688.